The fourth-order valence-corrected chi connectivity index (χ4v) is 1.25. The molecule has 0 heterocycles. The lowest BCUT2D eigenvalue weighted by Crippen LogP contribution is -2.10. The fraction of sp³-hybridized carbons (Fsp3) is 0.400. The molecular weight excluding hydrogens is 164 g/mol. The molecule has 0 spiro atoms. The van der Waals surface area contributed by atoms with Crippen LogP contribution in [0.1, 0.15) is 5.56 Å². The van der Waals surface area contributed by atoms with Crippen LogP contribution in [0.15, 0.2) is 18.2 Å². The highest BCUT2D eigenvalue weighted by atomic mass is 16.5. The predicted octanol–water partition coefficient (Wildman–Crippen LogP) is 1.34. The van der Waals surface area contributed by atoms with Crippen molar-refractivity contribution in [1.29, 1.82) is 0 Å². The minimum absolute atomic E-state index is 0.696. The summed E-state index contributed by atoms with van der Waals surface area (Å²) < 4.78 is 5.07. The molecule has 0 radical (unpaired) electrons. The molecule has 13 heavy (non-hydrogen) atoms. The normalized spacial score (nSPS) is 10.5. The molecule has 3 nitrogen and oxygen atoms in total. The van der Waals surface area contributed by atoms with Gasteiger partial charge in [0.25, 0.3) is 0 Å². The first kappa shape index (κ1) is 9.86. The van der Waals surface area contributed by atoms with Crippen LogP contribution in [0.3, 0.4) is 0 Å². The molecule has 72 valence electrons. The molecule has 2 N–H and O–H groups in total. The molecule has 0 amide bonds. The zero-order valence-electron chi connectivity index (χ0n) is 8.37. The summed E-state index contributed by atoms with van der Waals surface area (Å²) in [5.41, 5.74) is 7.66. The van der Waals surface area contributed by atoms with Gasteiger partial charge in [0.2, 0.25) is 0 Å². The lowest BCUT2D eigenvalue weighted by molar-refractivity contribution is 0.400. The number of hydrogen-bond donors (Lipinski definition) is 1. The van der Waals surface area contributed by atoms with E-state index in [2.05, 4.69) is 4.90 Å². The highest BCUT2D eigenvalue weighted by Crippen LogP contribution is 2.22. The fourth-order valence-electron chi connectivity index (χ4n) is 1.25. The van der Waals surface area contributed by atoms with E-state index < -0.39 is 0 Å². The molecule has 0 aliphatic heterocycles. The molecule has 3 heteroatoms. The number of nitrogen functional groups attached to an aromatic ring is 1. The summed E-state index contributed by atoms with van der Waals surface area (Å²) in [5.74, 6) is 0.738. The summed E-state index contributed by atoms with van der Waals surface area (Å²) in [6, 6.07) is 5.86. The van der Waals surface area contributed by atoms with Crippen LogP contribution < -0.4 is 10.5 Å². The van der Waals surface area contributed by atoms with Crippen LogP contribution in [0.2, 0.25) is 0 Å². The number of methoxy groups -OCH3 is 1. The van der Waals surface area contributed by atoms with Gasteiger partial charge in [-0.15, -0.1) is 0 Å². The van der Waals surface area contributed by atoms with Gasteiger partial charge in [0.15, 0.2) is 0 Å². The topological polar surface area (TPSA) is 38.5 Å². The lowest BCUT2D eigenvalue weighted by atomic mass is 10.2. The predicted molar refractivity (Wildman–Crippen MR) is 54.8 cm³/mol. The SMILES string of the molecule is COc1ccc(CN(C)C)cc1N. The Morgan fingerprint density at radius 1 is 1.38 bits per heavy atom. The molecule has 0 aliphatic rings. The van der Waals surface area contributed by atoms with Crippen LogP contribution in [-0.2, 0) is 6.54 Å². The van der Waals surface area contributed by atoms with Crippen LogP contribution in [0.5, 0.6) is 5.75 Å². The molecule has 0 saturated carbocycles. The zero-order chi connectivity index (χ0) is 9.84. The average molecular weight is 180 g/mol. The van der Waals surface area contributed by atoms with Gasteiger partial charge in [-0.3, -0.25) is 0 Å². The first-order valence-electron chi connectivity index (χ1n) is 4.20. The van der Waals surface area contributed by atoms with Crippen LogP contribution in [0.4, 0.5) is 5.69 Å². The van der Waals surface area contributed by atoms with Crippen molar-refractivity contribution in [2.75, 3.05) is 26.9 Å². The first-order valence-corrected chi connectivity index (χ1v) is 4.20. The Bertz CT molecular complexity index is 284. The van der Waals surface area contributed by atoms with Crippen molar-refractivity contribution < 1.29 is 4.74 Å². The number of anilines is 1. The monoisotopic (exact) mass is 180 g/mol. The smallest absolute Gasteiger partial charge is 0.141 e. The van der Waals surface area contributed by atoms with E-state index in [1.54, 1.807) is 7.11 Å². The molecule has 1 aromatic rings. The molecule has 1 rings (SSSR count). The maximum absolute atomic E-state index is 5.76. The van der Waals surface area contributed by atoms with Crippen LogP contribution in [-0.4, -0.2) is 26.1 Å². The molecule has 0 bridgehead atoms. The Balaban J connectivity index is 2.83. The molecule has 0 unspecified atom stereocenters. The van der Waals surface area contributed by atoms with E-state index in [-0.39, 0.29) is 0 Å². The number of rotatable bonds is 3. The molecule has 1 aromatic carbocycles. The van der Waals surface area contributed by atoms with Crippen molar-refractivity contribution in [2.24, 2.45) is 0 Å². The second-order valence-electron chi connectivity index (χ2n) is 3.31. The van der Waals surface area contributed by atoms with Crippen LogP contribution in [0, 0.1) is 0 Å². The maximum Gasteiger partial charge on any atom is 0.141 e. The Hall–Kier alpha value is -1.22. The maximum atomic E-state index is 5.76. The number of hydrogen-bond acceptors (Lipinski definition) is 3. The molecule has 0 fully saturated rings. The summed E-state index contributed by atoms with van der Waals surface area (Å²) in [7, 11) is 5.68. The van der Waals surface area contributed by atoms with E-state index in [4.69, 9.17) is 10.5 Å². The molecular formula is C10H16N2O. The molecule has 0 saturated heterocycles. The van der Waals surface area contributed by atoms with Gasteiger partial charge >= 0.3 is 0 Å². The van der Waals surface area contributed by atoms with Crippen LogP contribution in [0.25, 0.3) is 0 Å². The summed E-state index contributed by atoms with van der Waals surface area (Å²) in [4.78, 5) is 2.10. The quantitative estimate of drug-likeness (QED) is 0.713. The van der Waals surface area contributed by atoms with Gasteiger partial charge in [-0.25, -0.2) is 0 Å². The Morgan fingerprint density at radius 3 is 2.54 bits per heavy atom. The van der Waals surface area contributed by atoms with Gasteiger partial charge in [-0.05, 0) is 31.8 Å². The van der Waals surface area contributed by atoms with Crippen molar-refractivity contribution in [3.63, 3.8) is 0 Å². The van der Waals surface area contributed by atoms with Crippen molar-refractivity contribution >= 4 is 5.69 Å². The van der Waals surface area contributed by atoms with Gasteiger partial charge in [0.05, 0.1) is 12.8 Å². The highest BCUT2D eigenvalue weighted by Gasteiger charge is 2.00. The summed E-state index contributed by atoms with van der Waals surface area (Å²) in [5, 5.41) is 0. The Labute approximate surface area is 79.1 Å². The number of nitrogens with two attached hydrogens (primary N) is 1. The number of benzene rings is 1. The van der Waals surface area contributed by atoms with Crippen molar-refractivity contribution in [3.05, 3.63) is 23.8 Å². The van der Waals surface area contributed by atoms with E-state index in [0.29, 0.717) is 5.69 Å². The molecule has 0 aliphatic carbocycles. The van der Waals surface area contributed by atoms with E-state index >= 15 is 0 Å². The van der Waals surface area contributed by atoms with E-state index in [1.165, 1.54) is 5.56 Å². The Kier molecular flexibility index (Phi) is 3.14. The van der Waals surface area contributed by atoms with E-state index in [0.717, 1.165) is 12.3 Å². The average Bonchev–Trinajstić information content (AvgIpc) is 2.03. The van der Waals surface area contributed by atoms with Gasteiger partial charge in [-0.1, -0.05) is 6.07 Å². The summed E-state index contributed by atoms with van der Waals surface area (Å²) >= 11 is 0. The van der Waals surface area contributed by atoms with Crippen molar-refractivity contribution in [2.45, 2.75) is 6.54 Å². The zero-order valence-corrected chi connectivity index (χ0v) is 8.37. The minimum Gasteiger partial charge on any atom is -0.495 e. The van der Waals surface area contributed by atoms with Gasteiger partial charge < -0.3 is 15.4 Å². The van der Waals surface area contributed by atoms with Crippen molar-refractivity contribution in [3.8, 4) is 5.75 Å². The lowest BCUT2D eigenvalue weighted by Gasteiger charge is -2.11. The second-order valence-corrected chi connectivity index (χ2v) is 3.31. The summed E-state index contributed by atoms with van der Waals surface area (Å²) in [6.07, 6.45) is 0. The Morgan fingerprint density at radius 2 is 2.08 bits per heavy atom. The van der Waals surface area contributed by atoms with Crippen LogP contribution >= 0.6 is 0 Å². The standard InChI is InChI=1S/C10H16N2O/c1-12(2)7-8-4-5-10(13-3)9(11)6-8/h4-6H,7,11H2,1-3H3. The molecule has 0 aromatic heterocycles. The van der Waals surface area contributed by atoms with E-state index in [1.807, 2.05) is 32.3 Å². The first-order chi connectivity index (χ1) is 6.13. The highest BCUT2D eigenvalue weighted by molar-refractivity contribution is 5.54. The van der Waals surface area contributed by atoms with Gasteiger partial charge in [-0.2, -0.15) is 0 Å². The largest absolute Gasteiger partial charge is 0.495 e. The molecule has 0 atom stereocenters. The van der Waals surface area contributed by atoms with E-state index in [9.17, 15) is 0 Å². The second kappa shape index (κ2) is 4.14. The van der Waals surface area contributed by atoms with Crippen molar-refractivity contribution in [1.82, 2.24) is 4.90 Å². The third kappa shape index (κ3) is 2.63. The van der Waals surface area contributed by atoms with Gasteiger partial charge in [0.1, 0.15) is 5.75 Å². The number of nitrogens with zero attached hydrogens (tertiary/aromatic N) is 1. The third-order valence-corrected chi connectivity index (χ3v) is 1.79. The number of ether oxygens (including phenoxy) is 1. The third-order valence-electron chi connectivity index (χ3n) is 1.79. The minimum atomic E-state index is 0.696. The van der Waals surface area contributed by atoms with Gasteiger partial charge in [0, 0.05) is 6.54 Å². The summed E-state index contributed by atoms with van der Waals surface area (Å²) in [6.45, 7) is 0.897.